The SMILES string of the molecule is N[C@H]1C[C@H]2CC(CO)C[C@H]21. The molecule has 0 bridgehead atoms. The monoisotopic (exact) mass is 141 g/mol. The van der Waals surface area contributed by atoms with Gasteiger partial charge in [0.1, 0.15) is 0 Å². The van der Waals surface area contributed by atoms with E-state index >= 15 is 0 Å². The van der Waals surface area contributed by atoms with E-state index in [1.54, 1.807) is 0 Å². The van der Waals surface area contributed by atoms with Crippen LogP contribution in [0.2, 0.25) is 0 Å². The van der Waals surface area contributed by atoms with Crippen molar-refractivity contribution in [3.05, 3.63) is 0 Å². The maximum atomic E-state index is 8.87. The van der Waals surface area contributed by atoms with Gasteiger partial charge in [-0.05, 0) is 37.0 Å². The van der Waals surface area contributed by atoms with Crippen molar-refractivity contribution in [2.45, 2.75) is 25.3 Å². The van der Waals surface area contributed by atoms with Crippen LogP contribution in [0, 0.1) is 17.8 Å². The molecule has 0 aromatic rings. The van der Waals surface area contributed by atoms with Crippen LogP contribution in [-0.2, 0) is 0 Å². The summed E-state index contributed by atoms with van der Waals surface area (Å²) in [6.45, 7) is 0.375. The first-order valence-corrected chi connectivity index (χ1v) is 4.17. The van der Waals surface area contributed by atoms with Crippen LogP contribution in [0.1, 0.15) is 19.3 Å². The molecule has 0 amide bonds. The topological polar surface area (TPSA) is 46.2 Å². The lowest BCUT2D eigenvalue weighted by molar-refractivity contribution is 0.173. The molecular weight excluding hydrogens is 126 g/mol. The molecule has 58 valence electrons. The molecule has 1 unspecified atom stereocenters. The van der Waals surface area contributed by atoms with Crippen molar-refractivity contribution in [1.82, 2.24) is 0 Å². The highest BCUT2D eigenvalue weighted by Crippen LogP contribution is 2.48. The minimum absolute atomic E-state index is 0.375. The van der Waals surface area contributed by atoms with E-state index in [0.29, 0.717) is 18.6 Å². The van der Waals surface area contributed by atoms with Crippen LogP contribution >= 0.6 is 0 Å². The Kier molecular flexibility index (Phi) is 1.46. The minimum atomic E-state index is 0.375. The van der Waals surface area contributed by atoms with Crippen LogP contribution in [0.15, 0.2) is 0 Å². The van der Waals surface area contributed by atoms with Gasteiger partial charge in [-0.3, -0.25) is 0 Å². The lowest BCUT2D eigenvalue weighted by Gasteiger charge is -2.37. The molecule has 2 fully saturated rings. The van der Waals surface area contributed by atoms with E-state index in [0.717, 1.165) is 11.8 Å². The number of fused-ring (bicyclic) bond motifs is 1. The fourth-order valence-corrected chi connectivity index (χ4v) is 2.55. The first-order valence-electron chi connectivity index (χ1n) is 4.17. The smallest absolute Gasteiger partial charge is 0.0459 e. The molecule has 2 nitrogen and oxygen atoms in total. The Morgan fingerprint density at radius 1 is 1.30 bits per heavy atom. The number of nitrogens with two attached hydrogens (primary N) is 1. The van der Waals surface area contributed by atoms with Crippen LogP contribution in [-0.4, -0.2) is 17.8 Å². The van der Waals surface area contributed by atoms with Gasteiger partial charge in [-0.25, -0.2) is 0 Å². The van der Waals surface area contributed by atoms with E-state index in [2.05, 4.69) is 0 Å². The van der Waals surface area contributed by atoms with Crippen LogP contribution in [0.5, 0.6) is 0 Å². The second-order valence-corrected chi connectivity index (χ2v) is 3.84. The van der Waals surface area contributed by atoms with E-state index in [9.17, 15) is 0 Å². The summed E-state index contributed by atoms with van der Waals surface area (Å²) in [5.74, 6) is 2.20. The Balaban J connectivity index is 1.93. The minimum Gasteiger partial charge on any atom is -0.396 e. The van der Waals surface area contributed by atoms with Crippen LogP contribution in [0.4, 0.5) is 0 Å². The molecule has 0 aromatic carbocycles. The molecule has 2 rings (SSSR count). The van der Waals surface area contributed by atoms with Crippen LogP contribution in [0.3, 0.4) is 0 Å². The van der Waals surface area contributed by atoms with Gasteiger partial charge in [0.05, 0.1) is 0 Å². The predicted molar refractivity (Wildman–Crippen MR) is 39.4 cm³/mol. The molecule has 0 aliphatic heterocycles. The van der Waals surface area contributed by atoms with Crippen LogP contribution < -0.4 is 5.73 Å². The van der Waals surface area contributed by atoms with Gasteiger partial charge in [0.25, 0.3) is 0 Å². The van der Waals surface area contributed by atoms with Crippen molar-refractivity contribution in [3.8, 4) is 0 Å². The average Bonchev–Trinajstić information content (AvgIpc) is 2.26. The summed E-state index contributed by atoms with van der Waals surface area (Å²) >= 11 is 0. The quantitative estimate of drug-likeness (QED) is 0.553. The molecule has 0 radical (unpaired) electrons. The summed E-state index contributed by atoms with van der Waals surface area (Å²) < 4.78 is 0. The first-order chi connectivity index (χ1) is 4.81. The summed E-state index contributed by atoms with van der Waals surface area (Å²) in [5, 5.41) is 8.87. The summed E-state index contributed by atoms with van der Waals surface area (Å²) in [6, 6.07) is 0.460. The Labute approximate surface area is 61.4 Å². The predicted octanol–water partition coefficient (Wildman–Crippen LogP) is 0.352. The molecule has 0 heterocycles. The third kappa shape index (κ3) is 0.789. The van der Waals surface area contributed by atoms with Crippen molar-refractivity contribution in [2.24, 2.45) is 23.5 Å². The zero-order valence-corrected chi connectivity index (χ0v) is 6.16. The number of aliphatic hydroxyl groups is 1. The highest BCUT2D eigenvalue weighted by atomic mass is 16.3. The van der Waals surface area contributed by atoms with Crippen molar-refractivity contribution in [1.29, 1.82) is 0 Å². The molecule has 2 aliphatic rings. The third-order valence-electron chi connectivity index (χ3n) is 3.23. The molecule has 3 N–H and O–H groups in total. The maximum absolute atomic E-state index is 8.87. The van der Waals surface area contributed by atoms with Gasteiger partial charge in [0, 0.05) is 12.6 Å². The van der Waals surface area contributed by atoms with Crippen molar-refractivity contribution in [2.75, 3.05) is 6.61 Å². The van der Waals surface area contributed by atoms with E-state index in [-0.39, 0.29) is 0 Å². The fourth-order valence-electron chi connectivity index (χ4n) is 2.55. The van der Waals surface area contributed by atoms with E-state index in [1.807, 2.05) is 0 Å². The average molecular weight is 141 g/mol. The lowest BCUT2D eigenvalue weighted by Crippen LogP contribution is -2.44. The lowest BCUT2D eigenvalue weighted by atomic mass is 9.72. The molecule has 2 saturated carbocycles. The third-order valence-corrected chi connectivity index (χ3v) is 3.23. The molecule has 0 spiro atoms. The summed E-state index contributed by atoms with van der Waals surface area (Å²) in [4.78, 5) is 0. The van der Waals surface area contributed by atoms with Gasteiger partial charge in [-0.15, -0.1) is 0 Å². The zero-order chi connectivity index (χ0) is 7.14. The molecule has 10 heavy (non-hydrogen) atoms. The van der Waals surface area contributed by atoms with Gasteiger partial charge >= 0.3 is 0 Å². The highest BCUT2D eigenvalue weighted by molar-refractivity contribution is 4.98. The van der Waals surface area contributed by atoms with Gasteiger partial charge in [-0.2, -0.15) is 0 Å². The highest BCUT2D eigenvalue weighted by Gasteiger charge is 2.45. The van der Waals surface area contributed by atoms with Gasteiger partial charge in [-0.1, -0.05) is 0 Å². The normalized spacial score (nSPS) is 52.2. The van der Waals surface area contributed by atoms with Crippen molar-refractivity contribution < 1.29 is 5.11 Å². The Morgan fingerprint density at radius 3 is 2.60 bits per heavy atom. The zero-order valence-electron chi connectivity index (χ0n) is 6.16. The number of hydrogen-bond acceptors (Lipinski definition) is 2. The largest absolute Gasteiger partial charge is 0.396 e. The Hall–Kier alpha value is -0.0800. The van der Waals surface area contributed by atoms with Crippen molar-refractivity contribution in [3.63, 3.8) is 0 Å². The first kappa shape index (κ1) is 6.62. The van der Waals surface area contributed by atoms with E-state index in [1.165, 1.54) is 19.3 Å². The second kappa shape index (κ2) is 2.21. The Bertz CT molecular complexity index is 137. The Morgan fingerprint density at radius 2 is 2.10 bits per heavy atom. The summed E-state index contributed by atoms with van der Waals surface area (Å²) in [6.07, 6.45) is 3.62. The summed E-state index contributed by atoms with van der Waals surface area (Å²) in [5.41, 5.74) is 5.80. The van der Waals surface area contributed by atoms with E-state index in [4.69, 9.17) is 10.8 Å². The molecular formula is C8H15NO. The maximum Gasteiger partial charge on any atom is 0.0459 e. The molecule has 0 aromatic heterocycles. The second-order valence-electron chi connectivity index (χ2n) is 3.84. The van der Waals surface area contributed by atoms with Crippen molar-refractivity contribution >= 4 is 0 Å². The van der Waals surface area contributed by atoms with Crippen LogP contribution in [0.25, 0.3) is 0 Å². The van der Waals surface area contributed by atoms with Gasteiger partial charge in [0.2, 0.25) is 0 Å². The van der Waals surface area contributed by atoms with E-state index < -0.39 is 0 Å². The number of hydrogen-bond donors (Lipinski definition) is 2. The standard InChI is InChI=1S/C8H15NO/c9-8-3-6-1-5(4-10)2-7(6)8/h5-8,10H,1-4,9H2/t5?,6-,7-,8+/m1/s1. The molecule has 0 saturated heterocycles. The van der Waals surface area contributed by atoms with Gasteiger partial charge in [0.15, 0.2) is 0 Å². The fraction of sp³-hybridized carbons (Fsp3) is 1.00. The molecule has 2 aliphatic carbocycles. The number of rotatable bonds is 1. The molecule has 4 atom stereocenters. The summed E-state index contributed by atoms with van der Waals surface area (Å²) in [7, 11) is 0. The number of aliphatic hydroxyl groups excluding tert-OH is 1. The molecule has 2 heteroatoms. The van der Waals surface area contributed by atoms with Gasteiger partial charge < -0.3 is 10.8 Å².